The van der Waals surface area contributed by atoms with Crippen LogP contribution in [0.2, 0.25) is 0 Å². The standard InChI is InChI=1S/C47H61N2O3P/c1-31(2)43(48-45(51)52-46(9,10)11)44(50)49-30-47(27-41-34(5)22-32(3)23-35(41)6,28-42-36(7)24-33(4)25-37(42)8)26-38(49)29-53(39-18-14-12-15-19-39)40-20-16-13-17-21-40/h12-25,31,38,43H,26-30H2,1-11H3,(H,48,51)/t38-,43-/m0/s1. The Balaban J connectivity index is 1.66. The fraction of sp³-hybridized carbons (Fsp3) is 0.447. The van der Waals surface area contributed by atoms with Crippen molar-refractivity contribution in [3.63, 3.8) is 0 Å². The lowest BCUT2D eigenvalue weighted by molar-refractivity contribution is -0.135. The van der Waals surface area contributed by atoms with Gasteiger partial charge in [-0.3, -0.25) is 4.79 Å². The number of rotatable bonds is 11. The minimum absolute atomic E-state index is 0.0245. The lowest BCUT2D eigenvalue weighted by atomic mass is 9.72. The van der Waals surface area contributed by atoms with Crippen LogP contribution < -0.4 is 15.9 Å². The number of aryl methyl sites for hydroxylation is 6. The molecule has 5 rings (SSSR count). The highest BCUT2D eigenvalue weighted by atomic mass is 31.1. The van der Waals surface area contributed by atoms with Crippen LogP contribution in [0, 0.1) is 52.9 Å². The van der Waals surface area contributed by atoms with Crippen LogP contribution in [-0.4, -0.2) is 47.3 Å². The van der Waals surface area contributed by atoms with Crippen molar-refractivity contribution in [2.24, 2.45) is 11.3 Å². The molecule has 0 radical (unpaired) electrons. The molecule has 5 nitrogen and oxygen atoms in total. The van der Waals surface area contributed by atoms with E-state index >= 15 is 4.79 Å². The number of likely N-dealkylation sites (tertiary alicyclic amines) is 1. The zero-order chi connectivity index (χ0) is 38.7. The SMILES string of the molecule is Cc1cc(C)c(CC2(Cc3c(C)cc(C)cc3C)C[C@@H](CP(c3ccccc3)c3ccccc3)N(C(=O)[C@@H](NC(=O)OC(C)(C)C)C(C)C)C2)c(C)c1. The number of ether oxygens (including phenoxy) is 1. The van der Waals surface area contributed by atoms with Crippen molar-refractivity contribution in [3.05, 3.63) is 129 Å². The molecule has 2 atom stereocenters. The first-order valence-corrected chi connectivity index (χ1v) is 20.8. The quantitative estimate of drug-likeness (QED) is 0.156. The first-order valence-electron chi connectivity index (χ1n) is 19.3. The highest BCUT2D eigenvalue weighted by Gasteiger charge is 2.49. The predicted molar refractivity (Wildman–Crippen MR) is 223 cm³/mol. The van der Waals surface area contributed by atoms with E-state index in [9.17, 15) is 4.79 Å². The van der Waals surface area contributed by atoms with E-state index in [1.54, 1.807) is 0 Å². The van der Waals surface area contributed by atoms with Gasteiger partial charge in [-0.2, -0.15) is 0 Å². The number of benzene rings is 4. The van der Waals surface area contributed by atoms with E-state index in [2.05, 4.69) is 137 Å². The minimum atomic E-state index is -0.783. The van der Waals surface area contributed by atoms with Gasteiger partial charge in [-0.25, -0.2) is 4.79 Å². The van der Waals surface area contributed by atoms with Gasteiger partial charge in [-0.15, -0.1) is 0 Å². The largest absolute Gasteiger partial charge is 0.444 e. The minimum Gasteiger partial charge on any atom is -0.444 e. The molecule has 0 spiro atoms. The van der Waals surface area contributed by atoms with E-state index in [1.807, 2.05) is 34.6 Å². The molecule has 0 saturated carbocycles. The van der Waals surface area contributed by atoms with Crippen molar-refractivity contribution in [1.29, 1.82) is 0 Å². The smallest absolute Gasteiger partial charge is 0.408 e. The first kappa shape index (κ1) is 40.2. The van der Waals surface area contributed by atoms with Crippen molar-refractivity contribution in [3.8, 4) is 0 Å². The molecule has 1 aliphatic rings. The van der Waals surface area contributed by atoms with E-state index in [-0.39, 0.29) is 23.3 Å². The maximum absolute atomic E-state index is 15.2. The molecule has 0 bridgehead atoms. The summed E-state index contributed by atoms with van der Waals surface area (Å²) in [6.07, 6.45) is 2.90. The fourth-order valence-electron chi connectivity index (χ4n) is 8.55. The third-order valence-corrected chi connectivity index (χ3v) is 13.4. The summed E-state index contributed by atoms with van der Waals surface area (Å²) >= 11 is 0. The summed E-state index contributed by atoms with van der Waals surface area (Å²) in [5.74, 6) is -0.151. The van der Waals surface area contributed by atoms with Crippen molar-refractivity contribution < 1.29 is 14.3 Å². The van der Waals surface area contributed by atoms with Crippen LogP contribution in [0.15, 0.2) is 84.9 Å². The molecule has 0 aromatic heterocycles. The summed E-state index contributed by atoms with van der Waals surface area (Å²) in [7, 11) is -0.783. The summed E-state index contributed by atoms with van der Waals surface area (Å²) in [5, 5.41) is 5.63. The molecule has 0 unspecified atom stereocenters. The van der Waals surface area contributed by atoms with Crippen LogP contribution >= 0.6 is 7.92 Å². The summed E-state index contributed by atoms with van der Waals surface area (Å²) in [6, 6.07) is 30.1. The number of carbonyl (C=O) groups excluding carboxylic acids is 2. The molecule has 1 aliphatic heterocycles. The number of carbonyl (C=O) groups is 2. The average Bonchev–Trinajstić information content (AvgIpc) is 3.43. The highest BCUT2D eigenvalue weighted by molar-refractivity contribution is 7.73. The Morgan fingerprint density at radius 2 is 1.21 bits per heavy atom. The predicted octanol–water partition coefficient (Wildman–Crippen LogP) is 9.59. The Kier molecular flexibility index (Phi) is 12.6. The number of hydrogen-bond acceptors (Lipinski definition) is 3. The van der Waals surface area contributed by atoms with Gasteiger partial charge in [0.2, 0.25) is 5.91 Å². The molecule has 1 N–H and O–H groups in total. The third kappa shape index (κ3) is 9.98. The molecular weight excluding hydrogens is 672 g/mol. The second-order valence-corrected chi connectivity index (χ2v) is 19.3. The highest BCUT2D eigenvalue weighted by Crippen LogP contribution is 2.47. The number of nitrogens with zero attached hydrogens (tertiary/aromatic N) is 1. The topological polar surface area (TPSA) is 58.6 Å². The van der Waals surface area contributed by atoms with E-state index in [0.29, 0.717) is 6.54 Å². The van der Waals surface area contributed by atoms with Crippen molar-refractivity contribution >= 4 is 30.5 Å². The van der Waals surface area contributed by atoms with Gasteiger partial charge in [0.05, 0.1) is 0 Å². The Morgan fingerprint density at radius 3 is 1.60 bits per heavy atom. The molecule has 4 aromatic carbocycles. The summed E-state index contributed by atoms with van der Waals surface area (Å²) in [5.41, 5.74) is 9.64. The van der Waals surface area contributed by atoms with E-state index in [4.69, 9.17) is 4.74 Å². The van der Waals surface area contributed by atoms with E-state index in [0.717, 1.165) is 25.4 Å². The number of amides is 2. The van der Waals surface area contributed by atoms with Crippen molar-refractivity contribution in [2.75, 3.05) is 12.7 Å². The first-order chi connectivity index (χ1) is 24.9. The molecule has 2 amide bonds. The van der Waals surface area contributed by atoms with Gasteiger partial charge < -0.3 is 15.0 Å². The van der Waals surface area contributed by atoms with Gasteiger partial charge >= 0.3 is 6.09 Å². The van der Waals surface area contributed by atoms with Crippen LogP contribution in [-0.2, 0) is 22.4 Å². The van der Waals surface area contributed by atoms with Crippen molar-refractivity contribution in [1.82, 2.24) is 10.2 Å². The van der Waals surface area contributed by atoms with Crippen LogP contribution in [0.3, 0.4) is 0 Å². The van der Waals surface area contributed by atoms with Gasteiger partial charge in [-0.1, -0.05) is 110 Å². The van der Waals surface area contributed by atoms with E-state index < -0.39 is 25.7 Å². The Bertz CT molecular complexity index is 1750. The molecule has 4 aromatic rings. The molecule has 282 valence electrons. The van der Waals surface area contributed by atoms with Gasteiger partial charge in [0, 0.05) is 12.6 Å². The normalized spacial score (nSPS) is 16.2. The summed E-state index contributed by atoms with van der Waals surface area (Å²) in [6.45, 7) is 23.5. The molecular formula is C47H61N2O3P. The average molecular weight is 733 g/mol. The van der Waals surface area contributed by atoms with E-state index in [1.165, 1.54) is 55.1 Å². The summed E-state index contributed by atoms with van der Waals surface area (Å²) in [4.78, 5) is 30.6. The fourth-order valence-corrected chi connectivity index (χ4v) is 11.1. The van der Waals surface area contributed by atoms with Crippen LogP contribution in [0.4, 0.5) is 4.79 Å². The van der Waals surface area contributed by atoms with Gasteiger partial charge in [0.25, 0.3) is 0 Å². The molecule has 1 saturated heterocycles. The van der Waals surface area contributed by atoms with Gasteiger partial charge in [-0.05, 0) is 151 Å². The van der Waals surface area contributed by atoms with Crippen molar-refractivity contribution in [2.45, 2.75) is 113 Å². The molecule has 1 fully saturated rings. The zero-order valence-corrected chi connectivity index (χ0v) is 34.9. The van der Waals surface area contributed by atoms with Crippen LogP contribution in [0.5, 0.6) is 0 Å². The summed E-state index contributed by atoms with van der Waals surface area (Å²) < 4.78 is 5.69. The monoisotopic (exact) mass is 732 g/mol. The molecule has 6 heteroatoms. The lowest BCUT2D eigenvalue weighted by Gasteiger charge is -2.34. The number of nitrogens with one attached hydrogen (secondary N) is 1. The lowest BCUT2D eigenvalue weighted by Crippen LogP contribution is -2.54. The van der Waals surface area contributed by atoms with Crippen LogP contribution in [0.25, 0.3) is 0 Å². The van der Waals surface area contributed by atoms with Gasteiger partial charge in [0.1, 0.15) is 11.6 Å². The molecule has 0 aliphatic carbocycles. The maximum Gasteiger partial charge on any atom is 0.408 e. The van der Waals surface area contributed by atoms with Crippen LogP contribution in [0.1, 0.15) is 85.5 Å². The third-order valence-electron chi connectivity index (χ3n) is 10.8. The Hall–Kier alpha value is -3.95. The Morgan fingerprint density at radius 1 is 0.774 bits per heavy atom. The molecule has 1 heterocycles. The Labute approximate surface area is 320 Å². The zero-order valence-electron chi connectivity index (χ0n) is 34.0. The maximum atomic E-state index is 15.2. The molecule has 53 heavy (non-hydrogen) atoms. The number of alkyl carbamates (subject to hydrolysis) is 1. The second kappa shape index (κ2) is 16.6. The number of hydrogen-bond donors (Lipinski definition) is 1. The van der Waals surface area contributed by atoms with Gasteiger partial charge in [0.15, 0.2) is 0 Å². The second-order valence-electron chi connectivity index (χ2n) is 17.1.